The van der Waals surface area contributed by atoms with E-state index in [9.17, 15) is 19.3 Å². The molecule has 182 valence electrons. The maximum Gasteiger partial charge on any atom is 0.293 e. The number of ether oxygens (including phenoxy) is 1. The van der Waals surface area contributed by atoms with Crippen LogP contribution in [0.4, 0.5) is 15.8 Å². The Kier molecular flexibility index (Phi) is 7.36. The third-order valence-electron chi connectivity index (χ3n) is 6.45. The molecule has 1 unspecified atom stereocenters. The first-order valence-electron chi connectivity index (χ1n) is 11.5. The zero-order chi connectivity index (χ0) is 24.8. The number of carbonyl (C=O) groups is 1. The minimum atomic E-state index is -0.511. The predicted octanol–water partition coefficient (Wildman–Crippen LogP) is 4.78. The van der Waals surface area contributed by atoms with Crippen molar-refractivity contribution in [2.24, 2.45) is 0 Å². The number of nitrogens with zero attached hydrogens (tertiary/aromatic N) is 2. The summed E-state index contributed by atoms with van der Waals surface area (Å²) in [5, 5.41) is 17.8. The molecule has 8 nitrogen and oxygen atoms in total. The molecule has 1 atom stereocenters. The zero-order valence-corrected chi connectivity index (χ0v) is 19.4. The maximum absolute atomic E-state index is 13.5. The highest BCUT2D eigenvalue weighted by Crippen LogP contribution is 2.35. The summed E-state index contributed by atoms with van der Waals surface area (Å²) in [6, 6.07) is 15.9. The summed E-state index contributed by atoms with van der Waals surface area (Å²) in [4.78, 5) is 28.5. The molecule has 2 N–H and O–H groups in total. The fourth-order valence-electron chi connectivity index (χ4n) is 4.37. The highest BCUT2D eigenvalue weighted by atomic mass is 19.1. The Morgan fingerprint density at radius 3 is 2.57 bits per heavy atom. The van der Waals surface area contributed by atoms with Gasteiger partial charge in [0.1, 0.15) is 11.5 Å². The number of rotatable bonds is 8. The van der Waals surface area contributed by atoms with Gasteiger partial charge in [-0.25, -0.2) is 4.39 Å². The molecule has 3 aromatic rings. The number of halogens is 1. The molecule has 1 fully saturated rings. The van der Waals surface area contributed by atoms with E-state index in [2.05, 4.69) is 15.6 Å². The lowest BCUT2D eigenvalue weighted by atomic mass is 9.74. The van der Waals surface area contributed by atoms with Crippen LogP contribution in [-0.4, -0.2) is 35.6 Å². The number of aromatic nitrogens is 1. The summed E-state index contributed by atoms with van der Waals surface area (Å²) >= 11 is 0. The van der Waals surface area contributed by atoms with Crippen molar-refractivity contribution in [2.75, 3.05) is 25.1 Å². The van der Waals surface area contributed by atoms with Crippen LogP contribution in [0.5, 0.6) is 0 Å². The number of amides is 1. The van der Waals surface area contributed by atoms with Crippen LogP contribution in [0.25, 0.3) is 0 Å². The number of anilines is 1. The molecule has 35 heavy (non-hydrogen) atoms. The molecule has 0 bridgehead atoms. The van der Waals surface area contributed by atoms with Gasteiger partial charge in [-0.15, -0.1) is 0 Å². The number of nitrogens with one attached hydrogen (secondary N) is 2. The smallest absolute Gasteiger partial charge is 0.293 e. The van der Waals surface area contributed by atoms with E-state index in [1.165, 1.54) is 24.3 Å². The van der Waals surface area contributed by atoms with Gasteiger partial charge < -0.3 is 15.4 Å². The van der Waals surface area contributed by atoms with E-state index in [0.717, 1.165) is 11.3 Å². The van der Waals surface area contributed by atoms with Crippen LogP contribution >= 0.6 is 0 Å². The number of pyridine rings is 1. The molecule has 1 amide bonds. The van der Waals surface area contributed by atoms with Gasteiger partial charge in [0.2, 0.25) is 0 Å². The first-order chi connectivity index (χ1) is 16.9. The number of nitro groups is 1. The third kappa shape index (κ3) is 5.63. The standard InChI is InChI=1S/C26H27FN4O4/c1-18(22-4-2-3-13-28-22)30-23-10-5-19(16-24(23)31(33)34)25(32)29-17-26(11-14-35-15-12-26)20-6-8-21(27)9-7-20/h2-10,13,16,18,30H,11-12,14-15,17H2,1H3,(H,29,32). The van der Waals surface area contributed by atoms with Crippen molar-refractivity contribution in [2.45, 2.75) is 31.2 Å². The van der Waals surface area contributed by atoms with Crippen molar-refractivity contribution in [1.29, 1.82) is 0 Å². The summed E-state index contributed by atoms with van der Waals surface area (Å²) in [7, 11) is 0. The Bertz CT molecular complexity index is 1180. The molecule has 0 radical (unpaired) electrons. The first kappa shape index (κ1) is 24.3. The summed E-state index contributed by atoms with van der Waals surface area (Å²) in [5.41, 5.74) is 1.57. The Hall–Kier alpha value is -3.85. The lowest BCUT2D eigenvalue weighted by molar-refractivity contribution is -0.384. The van der Waals surface area contributed by atoms with Crippen molar-refractivity contribution in [1.82, 2.24) is 10.3 Å². The average Bonchev–Trinajstić information content (AvgIpc) is 2.88. The van der Waals surface area contributed by atoms with E-state index in [4.69, 9.17) is 4.74 Å². The van der Waals surface area contributed by atoms with Crippen LogP contribution in [0.3, 0.4) is 0 Å². The fraction of sp³-hybridized carbons (Fsp3) is 0.308. The van der Waals surface area contributed by atoms with E-state index < -0.39 is 16.2 Å². The molecule has 0 aliphatic carbocycles. The van der Waals surface area contributed by atoms with Gasteiger partial charge in [-0.3, -0.25) is 19.9 Å². The fourth-order valence-corrected chi connectivity index (χ4v) is 4.37. The van der Waals surface area contributed by atoms with Crippen LogP contribution in [0.1, 0.15) is 47.4 Å². The summed E-state index contributed by atoms with van der Waals surface area (Å²) in [6.07, 6.45) is 3.01. The number of benzene rings is 2. The molecule has 2 heterocycles. The van der Waals surface area contributed by atoms with Crippen LogP contribution in [0.15, 0.2) is 66.9 Å². The van der Waals surface area contributed by atoms with E-state index in [1.807, 2.05) is 19.1 Å². The molecule has 1 aromatic heterocycles. The molecule has 1 aliphatic rings. The molecule has 1 aliphatic heterocycles. The number of carbonyl (C=O) groups excluding carboxylic acids is 1. The summed E-state index contributed by atoms with van der Waals surface area (Å²) in [5.74, 6) is -0.733. The second-order valence-electron chi connectivity index (χ2n) is 8.69. The first-order valence-corrected chi connectivity index (χ1v) is 11.5. The van der Waals surface area contributed by atoms with Gasteiger partial charge in [-0.2, -0.15) is 0 Å². The molecule has 2 aromatic carbocycles. The maximum atomic E-state index is 13.5. The van der Waals surface area contributed by atoms with E-state index in [1.54, 1.807) is 30.5 Å². The van der Waals surface area contributed by atoms with Crippen molar-refractivity contribution < 1.29 is 18.8 Å². The van der Waals surface area contributed by atoms with Crippen LogP contribution in [-0.2, 0) is 10.2 Å². The van der Waals surface area contributed by atoms with Gasteiger partial charge in [0.05, 0.1) is 16.7 Å². The zero-order valence-electron chi connectivity index (χ0n) is 19.4. The number of hydrogen-bond acceptors (Lipinski definition) is 6. The van der Waals surface area contributed by atoms with Gasteiger partial charge >= 0.3 is 0 Å². The number of hydrogen-bond donors (Lipinski definition) is 2. The Labute approximate surface area is 202 Å². The molecule has 4 rings (SSSR count). The van der Waals surface area contributed by atoms with Crippen molar-refractivity contribution in [3.63, 3.8) is 0 Å². The van der Waals surface area contributed by atoms with E-state index in [0.29, 0.717) is 38.3 Å². The Morgan fingerprint density at radius 2 is 1.91 bits per heavy atom. The Balaban J connectivity index is 1.51. The summed E-state index contributed by atoms with van der Waals surface area (Å²) < 4.78 is 19.0. The lowest BCUT2D eigenvalue weighted by Crippen LogP contribution is -2.44. The monoisotopic (exact) mass is 478 g/mol. The topological polar surface area (TPSA) is 106 Å². The average molecular weight is 479 g/mol. The molecular formula is C26H27FN4O4. The number of nitro benzene ring substituents is 1. The van der Waals surface area contributed by atoms with Crippen molar-refractivity contribution in [3.05, 3.63) is 99.6 Å². The van der Waals surface area contributed by atoms with Crippen LogP contribution in [0.2, 0.25) is 0 Å². The Morgan fingerprint density at radius 1 is 1.17 bits per heavy atom. The highest BCUT2D eigenvalue weighted by Gasteiger charge is 2.35. The summed E-state index contributed by atoms with van der Waals surface area (Å²) in [6.45, 7) is 3.24. The van der Waals surface area contributed by atoms with Crippen molar-refractivity contribution in [3.8, 4) is 0 Å². The van der Waals surface area contributed by atoms with Gasteiger partial charge in [0, 0.05) is 43.0 Å². The van der Waals surface area contributed by atoms with E-state index >= 15 is 0 Å². The SMILES string of the molecule is CC(Nc1ccc(C(=O)NCC2(c3ccc(F)cc3)CCOCC2)cc1[N+](=O)[O-])c1ccccn1. The molecule has 0 spiro atoms. The quantitative estimate of drug-likeness (QED) is 0.357. The second kappa shape index (κ2) is 10.6. The van der Waals surface area contributed by atoms with Crippen LogP contribution in [0, 0.1) is 15.9 Å². The second-order valence-corrected chi connectivity index (χ2v) is 8.69. The van der Waals surface area contributed by atoms with Gasteiger partial charge in [0.15, 0.2) is 0 Å². The minimum Gasteiger partial charge on any atom is -0.381 e. The highest BCUT2D eigenvalue weighted by molar-refractivity contribution is 5.95. The lowest BCUT2D eigenvalue weighted by Gasteiger charge is -2.38. The van der Waals surface area contributed by atoms with Gasteiger partial charge in [-0.1, -0.05) is 18.2 Å². The van der Waals surface area contributed by atoms with Gasteiger partial charge in [-0.05, 0) is 61.7 Å². The minimum absolute atomic E-state index is 0.189. The van der Waals surface area contributed by atoms with Crippen molar-refractivity contribution >= 4 is 17.3 Å². The third-order valence-corrected chi connectivity index (χ3v) is 6.45. The molecule has 9 heteroatoms. The van der Waals surface area contributed by atoms with E-state index in [-0.39, 0.29) is 23.1 Å². The normalized spacial score (nSPS) is 15.7. The van der Waals surface area contributed by atoms with Crippen LogP contribution < -0.4 is 10.6 Å². The predicted molar refractivity (Wildman–Crippen MR) is 130 cm³/mol. The molecular weight excluding hydrogens is 451 g/mol. The van der Waals surface area contributed by atoms with Gasteiger partial charge in [0.25, 0.3) is 11.6 Å². The molecule has 0 saturated carbocycles. The largest absolute Gasteiger partial charge is 0.381 e. The molecule has 1 saturated heterocycles.